The van der Waals surface area contributed by atoms with E-state index in [1.807, 2.05) is 0 Å². The van der Waals surface area contributed by atoms with Crippen molar-refractivity contribution < 1.29 is 58.9 Å². The highest BCUT2D eigenvalue weighted by molar-refractivity contribution is 5.93. The Morgan fingerprint density at radius 3 is 2.18 bits per heavy atom. The number of esters is 2. The van der Waals surface area contributed by atoms with Crippen molar-refractivity contribution >= 4 is 23.6 Å². The van der Waals surface area contributed by atoms with Crippen LogP contribution in [0, 0.1) is 16.7 Å². The fraction of sp³-hybridized carbons (Fsp3) is 0.742. The van der Waals surface area contributed by atoms with Crippen molar-refractivity contribution in [2.45, 2.75) is 122 Å². The van der Waals surface area contributed by atoms with E-state index in [1.165, 1.54) is 26.8 Å². The molecule has 1 heterocycles. The van der Waals surface area contributed by atoms with Crippen molar-refractivity contribution in [3.8, 4) is 0 Å². The topological polar surface area (TPSA) is 209 Å². The summed E-state index contributed by atoms with van der Waals surface area (Å²) in [5, 5.41) is 61.0. The Labute approximate surface area is 256 Å². The zero-order valence-corrected chi connectivity index (χ0v) is 26.4. The van der Waals surface area contributed by atoms with Crippen molar-refractivity contribution in [3.05, 3.63) is 22.8 Å². The van der Waals surface area contributed by atoms with Gasteiger partial charge in [-0.2, -0.15) is 0 Å². The second-order valence-electron chi connectivity index (χ2n) is 13.8. The molecule has 3 aliphatic carbocycles. The first-order valence-electron chi connectivity index (χ1n) is 14.8. The van der Waals surface area contributed by atoms with E-state index in [0.717, 1.165) is 6.92 Å². The van der Waals surface area contributed by atoms with Crippen molar-refractivity contribution in [1.29, 1.82) is 0 Å². The van der Waals surface area contributed by atoms with Crippen molar-refractivity contribution in [2.75, 3.05) is 6.61 Å². The van der Waals surface area contributed by atoms with Crippen LogP contribution in [0.15, 0.2) is 22.8 Å². The van der Waals surface area contributed by atoms with E-state index in [0.29, 0.717) is 5.57 Å². The molecule has 0 aromatic rings. The predicted octanol–water partition coefficient (Wildman–Crippen LogP) is -0.400. The maximum absolute atomic E-state index is 14.3. The summed E-state index contributed by atoms with van der Waals surface area (Å²) < 4.78 is 17.0. The molecule has 0 aromatic heterocycles. The van der Waals surface area contributed by atoms with Gasteiger partial charge in [0.1, 0.15) is 29.5 Å². The van der Waals surface area contributed by atoms with Crippen molar-refractivity contribution in [3.63, 3.8) is 0 Å². The number of aliphatic hydroxyl groups is 5. The molecule has 44 heavy (non-hydrogen) atoms. The van der Waals surface area contributed by atoms with E-state index >= 15 is 0 Å². The lowest BCUT2D eigenvalue weighted by atomic mass is 9.45. The van der Waals surface area contributed by atoms with Crippen LogP contribution in [-0.2, 0) is 33.4 Å². The molecule has 246 valence electrons. The highest BCUT2D eigenvalue weighted by Gasteiger charge is 2.76. The summed E-state index contributed by atoms with van der Waals surface area (Å²) in [4.78, 5) is 51.9. The van der Waals surface area contributed by atoms with Crippen molar-refractivity contribution in [2.24, 2.45) is 16.7 Å². The number of carbonyl (C=O) groups is 4. The predicted molar refractivity (Wildman–Crippen MR) is 152 cm³/mol. The van der Waals surface area contributed by atoms with E-state index in [4.69, 9.17) is 14.2 Å². The van der Waals surface area contributed by atoms with E-state index in [-0.39, 0.29) is 24.2 Å². The Hall–Kier alpha value is -2.68. The number of ketones is 1. The molecule has 0 spiro atoms. The number of carbonyl (C=O) groups excluding carboxylic acids is 4. The van der Waals surface area contributed by atoms with Gasteiger partial charge >= 0.3 is 11.9 Å². The smallest absolute Gasteiger partial charge is 0.338 e. The Bertz CT molecular complexity index is 1300. The van der Waals surface area contributed by atoms with Gasteiger partial charge in [0.05, 0.1) is 30.3 Å². The highest BCUT2D eigenvalue weighted by atomic mass is 16.6. The van der Waals surface area contributed by atoms with Crippen LogP contribution in [0.5, 0.6) is 0 Å². The molecule has 13 nitrogen and oxygen atoms in total. The number of Topliss-reactive ketones (excluding diaryl/α,β-unsaturated/α-hetero) is 1. The van der Waals surface area contributed by atoms with Crippen LogP contribution < -0.4 is 5.32 Å². The van der Waals surface area contributed by atoms with Gasteiger partial charge in [-0.15, -0.1) is 0 Å². The fourth-order valence-electron chi connectivity index (χ4n) is 7.96. The molecule has 2 saturated carbocycles. The third kappa shape index (κ3) is 5.01. The first kappa shape index (κ1) is 34.2. The first-order chi connectivity index (χ1) is 20.1. The molecule has 3 fully saturated rings. The molecule has 1 saturated heterocycles. The number of allylic oxidation sites excluding steroid dienone is 1. The maximum Gasteiger partial charge on any atom is 0.338 e. The fourth-order valence-corrected chi connectivity index (χ4v) is 7.96. The summed E-state index contributed by atoms with van der Waals surface area (Å²) in [5.74, 6) is -4.80. The highest BCUT2D eigenvalue weighted by Crippen LogP contribution is 2.63. The number of nitrogens with one attached hydrogen (secondary N) is 1. The van der Waals surface area contributed by atoms with Crippen molar-refractivity contribution in [1.82, 2.24) is 5.32 Å². The van der Waals surface area contributed by atoms with Gasteiger partial charge < -0.3 is 45.1 Å². The zero-order valence-electron chi connectivity index (χ0n) is 26.4. The average Bonchev–Trinajstić information content (AvgIpc) is 2.89. The SMILES string of the molecule is CC(=O)N[C@@H](C=C(C)C)[C@@H](O)C(=O)O[C@H]1C[C@@]2(O)[C@@H](OC(C)=O)[C@@H]3[C@]4(O)CO[C@@H]4C[C@H](O)[C@@]3(C)C(=O)[C@H](O)C(=C1C)C2(C)C. The summed E-state index contributed by atoms with van der Waals surface area (Å²) in [5.41, 5.74) is -6.49. The summed E-state index contributed by atoms with van der Waals surface area (Å²) in [6.45, 7) is 11.5. The Morgan fingerprint density at radius 1 is 1.07 bits per heavy atom. The van der Waals surface area contributed by atoms with Crippen LogP contribution in [0.25, 0.3) is 0 Å². The minimum atomic E-state index is -2.19. The lowest BCUT2D eigenvalue weighted by Crippen LogP contribution is -2.81. The molecule has 11 atom stereocenters. The Balaban J connectivity index is 1.88. The van der Waals surface area contributed by atoms with E-state index in [9.17, 15) is 44.7 Å². The van der Waals surface area contributed by atoms with E-state index in [2.05, 4.69) is 5.32 Å². The third-order valence-corrected chi connectivity index (χ3v) is 10.4. The van der Waals surface area contributed by atoms with Gasteiger partial charge in [0, 0.05) is 38.0 Å². The van der Waals surface area contributed by atoms with Gasteiger partial charge in [0.2, 0.25) is 5.91 Å². The van der Waals surface area contributed by atoms with E-state index < -0.39 is 101 Å². The summed E-state index contributed by atoms with van der Waals surface area (Å²) >= 11 is 0. The third-order valence-electron chi connectivity index (χ3n) is 10.4. The second kappa shape index (κ2) is 11.3. The molecule has 0 aromatic carbocycles. The number of rotatable bonds is 6. The quantitative estimate of drug-likeness (QED) is 0.165. The van der Waals surface area contributed by atoms with Gasteiger partial charge in [0.25, 0.3) is 0 Å². The minimum absolute atomic E-state index is 0.00533. The number of fused-ring (bicyclic) bond motifs is 5. The summed E-state index contributed by atoms with van der Waals surface area (Å²) in [6, 6.07) is -1.14. The number of hydrogen-bond acceptors (Lipinski definition) is 12. The monoisotopic (exact) mass is 623 g/mol. The second-order valence-corrected chi connectivity index (χ2v) is 13.8. The maximum atomic E-state index is 14.3. The molecule has 13 heteroatoms. The number of ether oxygens (including phenoxy) is 3. The van der Waals surface area contributed by atoms with Crippen LogP contribution in [0.4, 0.5) is 0 Å². The molecule has 1 amide bonds. The summed E-state index contributed by atoms with van der Waals surface area (Å²) in [7, 11) is 0. The molecule has 6 N–H and O–H groups in total. The van der Waals surface area contributed by atoms with Crippen LogP contribution in [-0.4, -0.2) is 110 Å². The standard InChI is InChI=1S/C31H45NO12/c1-13(2)9-17(32-15(4)33)22(36)27(39)44-18-11-31(41)26(43-16(5)34)24-29(8,19(35)10-20-30(24,40)12-42-20)25(38)23(37)21(14(18)3)28(31,6)7/h9,17-20,22-24,26,35-37,40-41H,10-12H2,1-8H3,(H,32,33)/t17-,18-,19-,20+,22+,23+,24-,26-,29+,30-,31+/m0/s1. The molecule has 4 aliphatic rings. The van der Waals surface area contributed by atoms with Gasteiger partial charge in [-0.25, -0.2) is 4.79 Å². The van der Waals surface area contributed by atoms with Crippen LogP contribution in [0.1, 0.15) is 68.2 Å². The van der Waals surface area contributed by atoms with Crippen LogP contribution in [0.2, 0.25) is 0 Å². The zero-order chi connectivity index (χ0) is 33.3. The largest absolute Gasteiger partial charge is 0.459 e. The first-order valence-corrected chi connectivity index (χ1v) is 14.8. The lowest BCUT2D eigenvalue weighted by molar-refractivity contribution is -0.345. The minimum Gasteiger partial charge on any atom is -0.459 e. The van der Waals surface area contributed by atoms with Gasteiger partial charge in [0.15, 0.2) is 11.9 Å². The Kier molecular flexibility index (Phi) is 8.77. The number of aliphatic hydroxyl groups excluding tert-OH is 3. The van der Waals surface area contributed by atoms with E-state index in [1.54, 1.807) is 27.7 Å². The normalized spacial score (nSPS) is 40.5. The molecule has 2 bridgehead atoms. The van der Waals surface area contributed by atoms with Gasteiger partial charge in [-0.05, 0) is 38.8 Å². The lowest BCUT2D eigenvalue weighted by Gasteiger charge is -2.66. The molecule has 0 radical (unpaired) electrons. The molecule has 4 rings (SSSR count). The molecule has 1 aliphatic heterocycles. The summed E-state index contributed by atoms with van der Waals surface area (Å²) in [6.07, 6.45) is -8.20. The van der Waals surface area contributed by atoms with Gasteiger partial charge in [-0.3, -0.25) is 14.4 Å². The Morgan fingerprint density at radius 2 is 1.68 bits per heavy atom. The van der Waals surface area contributed by atoms with Crippen LogP contribution in [0.3, 0.4) is 0 Å². The average molecular weight is 624 g/mol. The number of amides is 1. The molecule has 0 unspecified atom stereocenters. The number of hydrogen-bond donors (Lipinski definition) is 6. The van der Waals surface area contributed by atoms with Gasteiger partial charge in [-0.1, -0.05) is 25.5 Å². The molecular formula is C31H45NO12. The van der Waals surface area contributed by atoms with Crippen LogP contribution >= 0.6 is 0 Å². The molecular weight excluding hydrogens is 578 g/mol.